The highest BCUT2D eigenvalue weighted by atomic mass is 32.1. The standard InChI is InChI=1S/C29H28N4O5S2/c1-18(19-8-6-5-7-9-19)38-28(36)31-26-20(16-30-33(26)4)10-11-21-14-22-23(39-21)15-24(40-22)29(12-13-29)27(35)37-17-25(34)32(2)3/h5-9,14-16,18H,12-13,17H2,1-4H3,(H,31,36). The summed E-state index contributed by atoms with van der Waals surface area (Å²) in [5, 5.41) is 6.99. The van der Waals surface area contributed by atoms with Crippen LogP contribution in [0.5, 0.6) is 0 Å². The van der Waals surface area contributed by atoms with Crippen molar-refractivity contribution in [2.24, 2.45) is 7.05 Å². The topological polar surface area (TPSA) is 103 Å². The van der Waals surface area contributed by atoms with Gasteiger partial charge in [0, 0.05) is 35.4 Å². The Kier molecular flexibility index (Phi) is 7.65. The Bertz CT molecular complexity index is 1610. The second-order valence-corrected chi connectivity index (χ2v) is 11.9. The number of ether oxygens (including phenoxy) is 2. The van der Waals surface area contributed by atoms with Crippen molar-refractivity contribution < 1.29 is 23.9 Å². The molecule has 0 spiro atoms. The van der Waals surface area contributed by atoms with E-state index in [2.05, 4.69) is 22.3 Å². The highest BCUT2D eigenvalue weighted by Gasteiger charge is 2.54. The SMILES string of the molecule is CC(OC(=O)Nc1c(C#Cc2cc3sc(C4(C(=O)OCC(=O)N(C)C)CC4)cc3s2)cnn1C)c1ccccc1. The lowest BCUT2D eigenvalue weighted by molar-refractivity contribution is -0.153. The van der Waals surface area contributed by atoms with E-state index in [-0.39, 0.29) is 18.5 Å². The minimum absolute atomic E-state index is 0.245. The first-order valence-electron chi connectivity index (χ1n) is 12.6. The lowest BCUT2D eigenvalue weighted by atomic mass is 10.1. The monoisotopic (exact) mass is 576 g/mol. The molecule has 1 saturated carbocycles. The van der Waals surface area contributed by atoms with Crippen LogP contribution in [0.15, 0.2) is 48.7 Å². The number of rotatable bonds is 7. The van der Waals surface area contributed by atoms with E-state index in [4.69, 9.17) is 9.47 Å². The van der Waals surface area contributed by atoms with Crippen LogP contribution in [0.2, 0.25) is 0 Å². The van der Waals surface area contributed by atoms with Crippen molar-refractivity contribution in [3.05, 3.63) is 69.5 Å². The van der Waals surface area contributed by atoms with Crippen LogP contribution in [-0.4, -0.2) is 53.4 Å². The van der Waals surface area contributed by atoms with E-state index in [1.54, 1.807) is 38.7 Å². The van der Waals surface area contributed by atoms with Gasteiger partial charge >= 0.3 is 12.1 Å². The molecule has 11 heteroatoms. The molecular formula is C29H28N4O5S2. The van der Waals surface area contributed by atoms with Gasteiger partial charge < -0.3 is 14.4 Å². The number of carbonyl (C=O) groups is 3. The minimum atomic E-state index is -0.648. The Hall–Kier alpha value is -4.14. The summed E-state index contributed by atoms with van der Waals surface area (Å²) in [5.41, 5.74) is 0.814. The molecule has 1 fully saturated rings. The number of thiophene rings is 2. The highest BCUT2D eigenvalue weighted by Crippen LogP contribution is 2.53. The number of hydrogen-bond acceptors (Lipinski definition) is 8. The zero-order valence-electron chi connectivity index (χ0n) is 22.5. The molecule has 1 aromatic carbocycles. The Morgan fingerprint density at radius 1 is 1.12 bits per heavy atom. The number of aryl methyl sites for hydroxylation is 1. The molecule has 1 atom stereocenters. The summed E-state index contributed by atoms with van der Waals surface area (Å²) in [6, 6.07) is 13.5. The summed E-state index contributed by atoms with van der Waals surface area (Å²) < 4.78 is 14.5. The van der Waals surface area contributed by atoms with Gasteiger partial charge in [-0.1, -0.05) is 42.2 Å². The molecule has 4 aromatic rings. The Labute approximate surface area is 239 Å². The Balaban J connectivity index is 1.26. The first kappa shape index (κ1) is 27.4. The van der Waals surface area contributed by atoms with Crippen molar-refractivity contribution in [3.8, 4) is 11.8 Å². The lowest BCUT2D eigenvalue weighted by Crippen LogP contribution is -2.30. The van der Waals surface area contributed by atoms with Crippen LogP contribution >= 0.6 is 22.7 Å². The average Bonchev–Trinajstić information content (AvgIpc) is 3.36. The van der Waals surface area contributed by atoms with E-state index in [9.17, 15) is 14.4 Å². The first-order chi connectivity index (χ1) is 19.2. The van der Waals surface area contributed by atoms with Crippen molar-refractivity contribution >= 4 is 55.9 Å². The Morgan fingerprint density at radius 2 is 1.85 bits per heavy atom. The number of fused-ring (bicyclic) bond motifs is 1. The van der Waals surface area contributed by atoms with Crippen molar-refractivity contribution in [2.45, 2.75) is 31.3 Å². The van der Waals surface area contributed by atoms with Crippen molar-refractivity contribution in [1.82, 2.24) is 14.7 Å². The zero-order valence-corrected chi connectivity index (χ0v) is 24.1. The van der Waals surface area contributed by atoms with Crippen LogP contribution in [0.4, 0.5) is 10.6 Å². The fourth-order valence-corrected chi connectivity index (χ4v) is 6.57. The van der Waals surface area contributed by atoms with E-state index in [0.29, 0.717) is 24.2 Å². The summed E-state index contributed by atoms with van der Waals surface area (Å²) in [7, 11) is 4.98. The summed E-state index contributed by atoms with van der Waals surface area (Å²) in [5.74, 6) is 6.13. The van der Waals surface area contributed by atoms with Gasteiger partial charge in [0.1, 0.15) is 17.3 Å². The van der Waals surface area contributed by atoms with Crippen LogP contribution in [0.3, 0.4) is 0 Å². The summed E-state index contributed by atoms with van der Waals surface area (Å²) in [6.45, 7) is 1.56. The van der Waals surface area contributed by atoms with Crippen LogP contribution in [0, 0.1) is 11.8 Å². The number of nitrogens with one attached hydrogen (secondary N) is 1. The molecule has 0 saturated heterocycles. The smallest absolute Gasteiger partial charge is 0.413 e. The van der Waals surface area contributed by atoms with E-state index >= 15 is 0 Å². The molecule has 2 amide bonds. The van der Waals surface area contributed by atoms with Crippen LogP contribution in [0.25, 0.3) is 9.40 Å². The van der Waals surface area contributed by atoms with E-state index in [1.807, 2.05) is 49.4 Å². The minimum Gasteiger partial charge on any atom is -0.455 e. The summed E-state index contributed by atoms with van der Waals surface area (Å²) in [4.78, 5) is 40.3. The van der Waals surface area contributed by atoms with Crippen molar-refractivity contribution in [3.63, 3.8) is 0 Å². The maximum absolute atomic E-state index is 12.8. The number of esters is 1. The molecule has 40 heavy (non-hydrogen) atoms. The number of hydrogen-bond donors (Lipinski definition) is 1. The number of nitrogens with zero attached hydrogens (tertiary/aromatic N) is 3. The fraction of sp³-hybridized carbons (Fsp3) is 0.310. The van der Waals surface area contributed by atoms with Crippen molar-refractivity contribution in [2.75, 3.05) is 26.0 Å². The van der Waals surface area contributed by atoms with Crippen LogP contribution in [0.1, 0.15) is 46.8 Å². The summed E-state index contributed by atoms with van der Waals surface area (Å²) in [6.07, 6.45) is 2.02. The van der Waals surface area contributed by atoms with Gasteiger partial charge in [0.15, 0.2) is 6.61 Å². The Morgan fingerprint density at radius 3 is 2.52 bits per heavy atom. The lowest BCUT2D eigenvalue weighted by Gasteiger charge is -2.14. The van der Waals surface area contributed by atoms with Gasteiger partial charge in [0.2, 0.25) is 0 Å². The number of aromatic nitrogens is 2. The second kappa shape index (κ2) is 11.2. The predicted octanol–water partition coefficient (Wildman–Crippen LogP) is 5.07. The molecule has 3 heterocycles. The third-order valence-electron chi connectivity index (χ3n) is 6.68. The van der Waals surface area contributed by atoms with E-state index in [1.165, 1.54) is 20.9 Å². The number of carbonyl (C=O) groups excluding carboxylic acids is 3. The third-order valence-corrected chi connectivity index (χ3v) is 9.09. The maximum atomic E-state index is 12.8. The molecule has 1 N–H and O–H groups in total. The quantitative estimate of drug-likeness (QED) is 0.244. The molecule has 1 aliphatic carbocycles. The van der Waals surface area contributed by atoms with E-state index in [0.717, 1.165) is 24.7 Å². The largest absolute Gasteiger partial charge is 0.455 e. The van der Waals surface area contributed by atoms with Gasteiger partial charge in [-0.25, -0.2) is 4.79 Å². The highest BCUT2D eigenvalue weighted by molar-refractivity contribution is 7.28. The molecule has 3 aromatic heterocycles. The van der Waals surface area contributed by atoms with Gasteiger partial charge in [-0.3, -0.25) is 19.6 Å². The maximum Gasteiger partial charge on any atom is 0.413 e. The molecule has 0 radical (unpaired) electrons. The molecule has 5 rings (SSSR count). The first-order valence-corrected chi connectivity index (χ1v) is 14.3. The number of amides is 2. The van der Waals surface area contributed by atoms with Gasteiger partial charge in [-0.05, 0) is 37.5 Å². The predicted molar refractivity (Wildman–Crippen MR) is 154 cm³/mol. The van der Waals surface area contributed by atoms with Gasteiger partial charge in [-0.2, -0.15) is 5.10 Å². The number of benzene rings is 1. The second-order valence-electron chi connectivity index (χ2n) is 9.76. The summed E-state index contributed by atoms with van der Waals surface area (Å²) >= 11 is 3.09. The molecule has 9 nitrogen and oxygen atoms in total. The fourth-order valence-electron chi connectivity index (χ4n) is 4.09. The molecule has 0 aliphatic heterocycles. The number of anilines is 1. The van der Waals surface area contributed by atoms with Gasteiger partial charge in [0.25, 0.3) is 5.91 Å². The molecule has 206 valence electrons. The normalized spacial score (nSPS) is 14.1. The average molecular weight is 577 g/mol. The van der Waals surface area contributed by atoms with Crippen molar-refractivity contribution in [1.29, 1.82) is 0 Å². The van der Waals surface area contributed by atoms with Crippen LogP contribution < -0.4 is 5.32 Å². The zero-order chi connectivity index (χ0) is 28.4. The molecule has 1 unspecified atom stereocenters. The molecular weight excluding hydrogens is 548 g/mol. The third kappa shape index (κ3) is 5.73. The number of likely N-dealkylation sites (N-methyl/N-ethyl adjacent to an activating group) is 1. The van der Waals surface area contributed by atoms with E-state index < -0.39 is 17.6 Å². The molecule has 0 bridgehead atoms. The van der Waals surface area contributed by atoms with Crippen LogP contribution in [-0.2, 0) is 31.5 Å². The molecule has 1 aliphatic rings. The van der Waals surface area contributed by atoms with Gasteiger partial charge in [-0.15, -0.1) is 22.7 Å². The van der Waals surface area contributed by atoms with Gasteiger partial charge in [0.05, 0.1) is 16.6 Å².